The number of anilines is 2. The van der Waals surface area contributed by atoms with E-state index in [-0.39, 0.29) is 10.0 Å². The van der Waals surface area contributed by atoms with E-state index in [2.05, 4.69) is 21.5 Å². The standard InChI is InChI=1S/C15H16N4O3S2/c1-24(21,22)13-9-7-12(8-10-13)16-14(20)18-19-15(23)17-11-5-3-2-4-6-11/h2-10H,1H3,(H2,16,18,20)(H2,17,19,23). The summed E-state index contributed by atoms with van der Waals surface area (Å²) in [4.78, 5) is 11.9. The van der Waals surface area contributed by atoms with E-state index in [0.717, 1.165) is 11.9 Å². The number of thiocarbonyl (C=S) groups is 1. The summed E-state index contributed by atoms with van der Waals surface area (Å²) in [6, 6.07) is 14.5. The summed E-state index contributed by atoms with van der Waals surface area (Å²) in [6.07, 6.45) is 1.12. The Kier molecular flexibility index (Phi) is 5.72. The van der Waals surface area contributed by atoms with Crippen LogP contribution in [-0.4, -0.2) is 25.8 Å². The van der Waals surface area contributed by atoms with Gasteiger partial charge in [0, 0.05) is 17.6 Å². The maximum Gasteiger partial charge on any atom is 0.337 e. The lowest BCUT2D eigenvalue weighted by molar-refractivity contribution is 0.250. The molecule has 2 rings (SSSR count). The van der Waals surface area contributed by atoms with Gasteiger partial charge in [0.15, 0.2) is 14.9 Å². The Labute approximate surface area is 145 Å². The average Bonchev–Trinajstić information content (AvgIpc) is 2.53. The molecule has 7 nitrogen and oxygen atoms in total. The van der Waals surface area contributed by atoms with Crippen molar-refractivity contribution in [2.75, 3.05) is 16.9 Å². The van der Waals surface area contributed by atoms with Crippen LogP contribution >= 0.6 is 12.2 Å². The fraction of sp³-hybridized carbons (Fsp3) is 0.0667. The largest absolute Gasteiger partial charge is 0.337 e. The second-order valence-electron chi connectivity index (χ2n) is 4.82. The van der Waals surface area contributed by atoms with Gasteiger partial charge in [-0.25, -0.2) is 18.6 Å². The van der Waals surface area contributed by atoms with Crippen molar-refractivity contribution in [2.45, 2.75) is 4.90 Å². The minimum atomic E-state index is -3.27. The van der Waals surface area contributed by atoms with Crippen molar-refractivity contribution in [2.24, 2.45) is 0 Å². The smallest absolute Gasteiger partial charge is 0.331 e. The molecule has 0 aliphatic heterocycles. The molecule has 0 saturated heterocycles. The molecule has 0 bridgehead atoms. The van der Waals surface area contributed by atoms with Crippen molar-refractivity contribution >= 4 is 44.6 Å². The van der Waals surface area contributed by atoms with Gasteiger partial charge in [-0.3, -0.25) is 5.43 Å². The second kappa shape index (κ2) is 7.75. The number of carbonyl (C=O) groups is 1. The highest BCUT2D eigenvalue weighted by atomic mass is 32.2. The maximum atomic E-state index is 11.8. The van der Waals surface area contributed by atoms with E-state index < -0.39 is 15.9 Å². The average molecular weight is 364 g/mol. The van der Waals surface area contributed by atoms with Crippen LogP contribution in [0.15, 0.2) is 59.5 Å². The predicted molar refractivity (Wildman–Crippen MR) is 97.5 cm³/mol. The Bertz CT molecular complexity index is 822. The van der Waals surface area contributed by atoms with Crippen molar-refractivity contribution in [3.63, 3.8) is 0 Å². The number of sulfone groups is 1. The van der Waals surface area contributed by atoms with Crippen LogP contribution in [0.1, 0.15) is 0 Å². The summed E-state index contributed by atoms with van der Waals surface area (Å²) in [5.74, 6) is 0. The highest BCUT2D eigenvalue weighted by Crippen LogP contribution is 2.13. The quantitative estimate of drug-likeness (QED) is 0.492. The normalized spacial score (nSPS) is 10.5. The summed E-state index contributed by atoms with van der Waals surface area (Å²) in [7, 11) is -3.27. The lowest BCUT2D eigenvalue weighted by Gasteiger charge is -2.12. The number of nitrogens with one attached hydrogen (secondary N) is 4. The minimum absolute atomic E-state index is 0.180. The van der Waals surface area contributed by atoms with Gasteiger partial charge in [0.25, 0.3) is 0 Å². The number of amides is 2. The summed E-state index contributed by atoms with van der Waals surface area (Å²) in [5, 5.41) is 5.67. The molecule has 0 aliphatic carbocycles. The maximum absolute atomic E-state index is 11.8. The summed E-state index contributed by atoms with van der Waals surface area (Å²) >= 11 is 5.05. The first-order valence-electron chi connectivity index (χ1n) is 6.84. The molecule has 0 atom stereocenters. The molecule has 9 heteroatoms. The fourth-order valence-electron chi connectivity index (χ4n) is 1.75. The molecule has 0 radical (unpaired) electrons. The Balaban J connectivity index is 1.82. The Hall–Kier alpha value is -2.65. The number of hydrazine groups is 1. The van der Waals surface area contributed by atoms with E-state index in [1.54, 1.807) is 0 Å². The van der Waals surface area contributed by atoms with Gasteiger partial charge in [-0.2, -0.15) is 0 Å². The van der Waals surface area contributed by atoms with E-state index in [1.807, 2.05) is 30.3 Å². The predicted octanol–water partition coefficient (Wildman–Crippen LogP) is 2.11. The third kappa shape index (κ3) is 5.52. The summed E-state index contributed by atoms with van der Waals surface area (Å²) in [5.41, 5.74) is 6.16. The van der Waals surface area contributed by atoms with Crippen molar-refractivity contribution < 1.29 is 13.2 Å². The fourth-order valence-corrected chi connectivity index (χ4v) is 2.54. The van der Waals surface area contributed by atoms with E-state index in [4.69, 9.17) is 12.2 Å². The molecule has 126 valence electrons. The van der Waals surface area contributed by atoms with Crippen LogP contribution in [-0.2, 0) is 9.84 Å². The Morgan fingerprint density at radius 2 is 1.46 bits per heavy atom. The summed E-state index contributed by atoms with van der Waals surface area (Å²) in [6.45, 7) is 0. The molecular formula is C15H16N4O3S2. The first-order valence-corrected chi connectivity index (χ1v) is 9.14. The molecule has 2 amide bonds. The molecule has 0 unspecified atom stereocenters. The number of carbonyl (C=O) groups excluding carboxylic acids is 1. The van der Waals surface area contributed by atoms with Gasteiger partial charge in [-0.1, -0.05) is 18.2 Å². The van der Waals surface area contributed by atoms with E-state index in [0.29, 0.717) is 5.69 Å². The molecule has 0 heterocycles. The van der Waals surface area contributed by atoms with Crippen molar-refractivity contribution in [1.82, 2.24) is 10.9 Å². The topological polar surface area (TPSA) is 99.3 Å². The van der Waals surface area contributed by atoms with Gasteiger partial charge in [0.05, 0.1) is 4.90 Å². The number of hydrogen-bond acceptors (Lipinski definition) is 4. The third-order valence-corrected chi connectivity index (χ3v) is 4.19. The molecule has 0 aliphatic rings. The Morgan fingerprint density at radius 1 is 0.875 bits per heavy atom. The highest BCUT2D eigenvalue weighted by Gasteiger charge is 2.07. The zero-order chi connectivity index (χ0) is 17.6. The molecule has 0 saturated carbocycles. The van der Waals surface area contributed by atoms with Gasteiger partial charge in [-0.15, -0.1) is 0 Å². The first-order chi connectivity index (χ1) is 11.3. The van der Waals surface area contributed by atoms with Gasteiger partial charge >= 0.3 is 6.03 Å². The zero-order valence-corrected chi connectivity index (χ0v) is 14.4. The van der Waals surface area contributed by atoms with E-state index in [9.17, 15) is 13.2 Å². The van der Waals surface area contributed by atoms with Crippen molar-refractivity contribution in [3.05, 3.63) is 54.6 Å². The molecule has 0 spiro atoms. The van der Waals surface area contributed by atoms with Crippen LogP contribution in [0.5, 0.6) is 0 Å². The van der Waals surface area contributed by atoms with Gasteiger partial charge in [0.1, 0.15) is 0 Å². The second-order valence-corrected chi connectivity index (χ2v) is 7.24. The van der Waals surface area contributed by atoms with Crippen LogP contribution in [0.4, 0.5) is 16.2 Å². The SMILES string of the molecule is CS(=O)(=O)c1ccc(NC(=O)NNC(=S)Nc2ccccc2)cc1. The van der Waals surface area contributed by atoms with Crippen LogP contribution < -0.4 is 21.5 Å². The van der Waals surface area contributed by atoms with Crippen LogP contribution in [0, 0.1) is 0 Å². The molecular weight excluding hydrogens is 348 g/mol. The highest BCUT2D eigenvalue weighted by molar-refractivity contribution is 7.90. The molecule has 0 aromatic heterocycles. The zero-order valence-electron chi connectivity index (χ0n) is 12.7. The molecule has 0 fully saturated rings. The van der Waals surface area contributed by atoms with Crippen molar-refractivity contribution in [3.8, 4) is 0 Å². The van der Waals surface area contributed by atoms with Gasteiger partial charge < -0.3 is 10.6 Å². The molecule has 2 aromatic carbocycles. The van der Waals surface area contributed by atoms with Crippen molar-refractivity contribution in [1.29, 1.82) is 0 Å². The third-order valence-electron chi connectivity index (χ3n) is 2.86. The van der Waals surface area contributed by atoms with E-state index >= 15 is 0 Å². The van der Waals surface area contributed by atoms with Crippen LogP contribution in [0.2, 0.25) is 0 Å². The number of hydrogen-bond donors (Lipinski definition) is 4. The molecule has 2 aromatic rings. The molecule has 4 N–H and O–H groups in total. The lowest BCUT2D eigenvalue weighted by Crippen LogP contribution is -2.45. The monoisotopic (exact) mass is 364 g/mol. The number of rotatable bonds is 3. The first kappa shape index (κ1) is 17.7. The Morgan fingerprint density at radius 3 is 2.04 bits per heavy atom. The van der Waals surface area contributed by atoms with E-state index in [1.165, 1.54) is 24.3 Å². The van der Waals surface area contributed by atoms with Gasteiger partial charge in [0.2, 0.25) is 0 Å². The van der Waals surface area contributed by atoms with Gasteiger partial charge in [-0.05, 0) is 48.6 Å². The van der Waals surface area contributed by atoms with Crippen LogP contribution in [0.25, 0.3) is 0 Å². The lowest BCUT2D eigenvalue weighted by atomic mass is 10.3. The number of para-hydroxylation sites is 1. The minimum Gasteiger partial charge on any atom is -0.331 e. The summed E-state index contributed by atoms with van der Waals surface area (Å²) < 4.78 is 22.7. The number of urea groups is 1. The van der Waals surface area contributed by atoms with Crippen LogP contribution in [0.3, 0.4) is 0 Å². The number of benzene rings is 2. The molecule has 24 heavy (non-hydrogen) atoms.